The van der Waals surface area contributed by atoms with Gasteiger partial charge < -0.3 is 4.90 Å². The molecule has 1 fully saturated rings. The van der Waals surface area contributed by atoms with E-state index in [2.05, 4.69) is 5.92 Å². The Morgan fingerprint density at radius 2 is 2.13 bits per heavy atom. The zero-order chi connectivity index (χ0) is 10.8. The van der Waals surface area contributed by atoms with Gasteiger partial charge in [-0.1, -0.05) is 24.1 Å². The molecule has 0 N–H and O–H groups in total. The zero-order valence-corrected chi connectivity index (χ0v) is 8.16. The van der Waals surface area contributed by atoms with E-state index in [1.165, 1.54) is 6.07 Å². The monoisotopic (exact) mass is 207 g/mol. The van der Waals surface area contributed by atoms with Gasteiger partial charge in [-0.3, -0.25) is 0 Å². The lowest BCUT2D eigenvalue weighted by Gasteiger charge is -2.40. The highest BCUT2D eigenvalue weighted by Crippen LogP contribution is 2.34. The van der Waals surface area contributed by atoms with E-state index >= 15 is 0 Å². The second kappa shape index (κ2) is 3.90. The van der Waals surface area contributed by atoms with Gasteiger partial charge in [0.15, 0.2) is 0 Å². The van der Waals surface area contributed by atoms with Crippen LogP contribution in [0.25, 0.3) is 0 Å². The van der Waals surface area contributed by atoms with Crippen LogP contribution in [0.15, 0.2) is 24.3 Å². The van der Waals surface area contributed by atoms with Gasteiger partial charge in [0.05, 0.1) is 6.04 Å². The van der Waals surface area contributed by atoms with Crippen molar-refractivity contribution in [3.8, 4) is 12.3 Å². The third kappa shape index (κ3) is 1.68. The first-order chi connectivity index (χ1) is 7.24. The Morgan fingerprint density at radius 3 is 2.67 bits per heavy atom. The Kier molecular flexibility index (Phi) is 2.59. The van der Waals surface area contributed by atoms with Crippen LogP contribution in [0, 0.1) is 12.3 Å². The van der Waals surface area contributed by atoms with Crippen LogP contribution in [0.2, 0.25) is 0 Å². The fourth-order valence-electron chi connectivity index (χ4n) is 1.78. The summed E-state index contributed by atoms with van der Waals surface area (Å²) >= 11 is 0. The van der Waals surface area contributed by atoms with Crippen LogP contribution >= 0.6 is 0 Å². The first-order valence-electron chi connectivity index (χ1n) is 4.84. The molecule has 1 aliphatic rings. The number of rotatable bonds is 2. The van der Waals surface area contributed by atoms with E-state index in [-0.39, 0.29) is 11.6 Å². The van der Waals surface area contributed by atoms with Gasteiger partial charge in [0, 0.05) is 17.8 Å². The van der Waals surface area contributed by atoms with Gasteiger partial charge in [0.2, 0.25) is 0 Å². The molecule has 78 valence electrons. The van der Waals surface area contributed by atoms with Gasteiger partial charge in [0.25, 0.3) is 6.43 Å². The molecule has 0 amide bonds. The van der Waals surface area contributed by atoms with E-state index in [1.807, 2.05) is 4.90 Å². The minimum absolute atomic E-state index is 0.0232. The van der Waals surface area contributed by atoms with E-state index in [4.69, 9.17) is 6.42 Å². The molecule has 0 aliphatic carbocycles. The van der Waals surface area contributed by atoms with Crippen LogP contribution in [0.5, 0.6) is 0 Å². The lowest BCUT2D eigenvalue weighted by molar-refractivity contribution is 0.151. The predicted octanol–water partition coefficient (Wildman–Crippen LogP) is 2.84. The Bertz CT molecular complexity index is 395. The molecule has 1 aromatic carbocycles. The van der Waals surface area contributed by atoms with Crippen molar-refractivity contribution in [3.63, 3.8) is 0 Å². The van der Waals surface area contributed by atoms with Crippen molar-refractivity contribution in [2.24, 2.45) is 0 Å². The Balaban J connectivity index is 2.32. The molecule has 0 bridgehead atoms. The SMILES string of the molecule is C#CC1CCN1c1ccccc1C(F)F. The predicted molar refractivity (Wildman–Crippen MR) is 56.0 cm³/mol. The minimum Gasteiger partial charge on any atom is -0.357 e. The van der Waals surface area contributed by atoms with Crippen molar-refractivity contribution in [3.05, 3.63) is 29.8 Å². The summed E-state index contributed by atoms with van der Waals surface area (Å²) in [6.07, 6.45) is 3.75. The van der Waals surface area contributed by atoms with E-state index in [9.17, 15) is 8.78 Å². The number of halogens is 2. The molecular formula is C12H11F2N. The summed E-state index contributed by atoms with van der Waals surface area (Å²) in [5.74, 6) is 2.60. The van der Waals surface area contributed by atoms with Gasteiger partial charge in [-0.2, -0.15) is 0 Å². The average molecular weight is 207 g/mol. The van der Waals surface area contributed by atoms with E-state index in [1.54, 1.807) is 18.2 Å². The second-order valence-corrected chi connectivity index (χ2v) is 3.52. The molecule has 1 nitrogen and oxygen atoms in total. The molecular weight excluding hydrogens is 196 g/mol. The topological polar surface area (TPSA) is 3.24 Å². The lowest BCUT2D eigenvalue weighted by Crippen LogP contribution is -2.47. The highest BCUT2D eigenvalue weighted by molar-refractivity contribution is 5.58. The summed E-state index contributed by atoms with van der Waals surface area (Å²) in [6, 6.07) is 6.50. The molecule has 0 radical (unpaired) electrons. The number of para-hydroxylation sites is 1. The first kappa shape index (κ1) is 9.97. The van der Waals surface area contributed by atoms with Gasteiger partial charge in [-0.05, 0) is 12.5 Å². The van der Waals surface area contributed by atoms with Gasteiger partial charge >= 0.3 is 0 Å². The third-order valence-electron chi connectivity index (χ3n) is 2.69. The van der Waals surface area contributed by atoms with Crippen molar-refractivity contribution in [1.29, 1.82) is 0 Å². The molecule has 1 heterocycles. The van der Waals surface area contributed by atoms with Gasteiger partial charge in [-0.25, -0.2) is 8.78 Å². The van der Waals surface area contributed by atoms with Crippen LogP contribution in [0.1, 0.15) is 18.4 Å². The number of terminal acetylenes is 1. The largest absolute Gasteiger partial charge is 0.357 e. The summed E-state index contributed by atoms with van der Waals surface area (Å²) in [5, 5.41) is 0. The van der Waals surface area contributed by atoms with Crippen molar-refractivity contribution < 1.29 is 8.78 Å². The fourth-order valence-corrected chi connectivity index (χ4v) is 1.78. The molecule has 1 atom stereocenters. The summed E-state index contributed by atoms with van der Waals surface area (Å²) in [5.41, 5.74) is 0.638. The summed E-state index contributed by atoms with van der Waals surface area (Å²) in [4.78, 5) is 1.85. The summed E-state index contributed by atoms with van der Waals surface area (Å²) in [6.45, 7) is 0.762. The van der Waals surface area contributed by atoms with Crippen LogP contribution in [-0.4, -0.2) is 12.6 Å². The van der Waals surface area contributed by atoms with Crippen molar-refractivity contribution in [2.75, 3.05) is 11.4 Å². The average Bonchev–Trinajstić information content (AvgIpc) is 2.17. The van der Waals surface area contributed by atoms with E-state index in [0.717, 1.165) is 13.0 Å². The highest BCUT2D eigenvalue weighted by atomic mass is 19.3. The standard InChI is InChI=1S/C12H11F2N/c1-2-9-7-8-15(9)11-6-4-3-5-10(11)12(13)14/h1,3-6,9,12H,7-8H2. The normalized spacial score (nSPS) is 19.9. The van der Waals surface area contributed by atoms with Crippen LogP contribution < -0.4 is 4.90 Å². The summed E-state index contributed by atoms with van der Waals surface area (Å²) in [7, 11) is 0. The number of anilines is 1. The quantitative estimate of drug-likeness (QED) is 0.674. The highest BCUT2D eigenvalue weighted by Gasteiger charge is 2.29. The Labute approximate surface area is 87.7 Å². The lowest BCUT2D eigenvalue weighted by atomic mass is 10.0. The maximum Gasteiger partial charge on any atom is 0.265 e. The molecule has 0 aromatic heterocycles. The maximum atomic E-state index is 12.7. The van der Waals surface area contributed by atoms with Gasteiger partial charge in [0.1, 0.15) is 0 Å². The molecule has 15 heavy (non-hydrogen) atoms. The number of alkyl halides is 2. The van der Waals surface area contributed by atoms with Crippen molar-refractivity contribution in [2.45, 2.75) is 18.9 Å². The van der Waals surface area contributed by atoms with Crippen molar-refractivity contribution >= 4 is 5.69 Å². The molecule has 0 saturated carbocycles. The molecule has 2 rings (SSSR count). The second-order valence-electron chi connectivity index (χ2n) is 3.52. The number of hydrogen-bond acceptors (Lipinski definition) is 1. The number of benzene rings is 1. The summed E-state index contributed by atoms with van der Waals surface area (Å²) < 4.78 is 25.4. The Morgan fingerprint density at radius 1 is 1.40 bits per heavy atom. The molecule has 1 aliphatic heterocycles. The van der Waals surface area contributed by atoms with Crippen LogP contribution in [0.3, 0.4) is 0 Å². The maximum absolute atomic E-state index is 12.7. The van der Waals surface area contributed by atoms with Crippen LogP contribution in [0.4, 0.5) is 14.5 Å². The third-order valence-corrected chi connectivity index (χ3v) is 2.69. The fraction of sp³-hybridized carbons (Fsp3) is 0.333. The van der Waals surface area contributed by atoms with Crippen molar-refractivity contribution in [1.82, 2.24) is 0 Å². The Hall–Kier alpha value is -1.56. The molecule has 0 spiro atoms. The number of nitrogens with zero attached hydrogens (tertiary/aromatic N) is 1. The smallest absolute Gasteiger partial charge is 0.265 e. The minimum atomic E-state index is -2.44. The number of hydrogen-bond donors (Lipinski definition) is 0. The van der Waals surface area contributed by atoms with E-state index < -0.39 is 6.43 Å². The van der Waals surface area contributed by atoms with Crippen LogP contribution in [-0.2, 0) is 0 Å². The van der Waals surface area contributed by atoms with Gasteiger partial charge in [-0.15, -0.1) is 6.42 Å². The molecule has 3 heteroatoms. The molecule has 1 unspecified atom stereocenters. The first-order valence-corrected chi connectivity index (χ1v) is 4.84. The zero-order valence-electron chi connectivity index (χ0n) is 8.16. The van der Waals surface area contributed by atoms with E-state index in [0.29, 0.717) is 5.69 Å². The molecule has 1 saturated heterocycles. The molecule has 1 aromatic rings.